The molecule has 0 spiro atoms. The van der Waals surface area contributed by atoms with Gasteiger partial charge in [-0.3, -0.25) is 9.36 Å². The molecule has 7 heteroatoms. The van der Waals surface area contributed by atoms with Crippen molar-refractivity contribution in [2.24, 2.45) is 0 Å². The molecule has 0 fully saturated rings. The van der Waals surface area contributed by atoms with Crippen molar-refractivity contribution in [3.63, 3.8) is 0 Å². The number of fused-ring (bicyclic) bond motifs is 1. The molecule has 0 unspecified atom stereocenters. The van der Waals surface area contributed by atoms with Gasteiger partial charge < -0.3 is 0 Å². The lowest BCUT2D eigenvalue weighted by atomic mass is 10.2. The largest absolute Gasteiger partial charge is 0.291 e. The Morgan fingerprint density at radius 2 is 2.26 bits per heavy atom. The molecule has 0 radical (unpaired) electrons. The van der Waals surface area contributed by atoms with Gasteiger partial charge in [0, 0.05) is 5.92 Å². The Labute approximate surface area is 117 Å². The van der Waals surface area contributed by atoms with Gasteiger partial charge in [-0.15, -0.1) is 11.3 Å². The summed E-state index contributed by atoms with van der Waals surface area (Å²) < 4.78 is 6.57. The SMILES string of the molecule is CC(C)c1nsc(Cn2cnc3ccsc3c2=O)n1. The van der Waals surface area contributed by atoms with Gasteiger partial charge in [0.1, 0.15) is 15.5 Å². The highest BCUT2D eigenvalue weighted by Gasteiger charge is 2.10. The highest BCUT2D eigenvalue weighted by molar-refractivity contribution is 7.17. The molecule has 0 aliphatic heterocycles. The van der Waals surface area contributed by atoms with Crippen molar-refractivity contribution < 1.29 is 0 Å². The molecule has 0 bridgehead atoms. The lowest BCUT2D eigenvalue weighted by Crippen LogP contribution is -2.20. The summed E-state index contributed by atoms with van der Waals surface area (Å²) >= 11 is 2.76. The monoisotopic (exact) mass is 292 g/mol. The fourth-order valence-electron chi connectivity index (χ4n) is 1.70. The van der Waals surface area contributed by atoms with Crippen LogP contribution in [0.2, 0.25) is 0 Å². The molecule has 0 saturated carbocycles. The van der Waals surface area contributed by atoms with E-state index in [1.54, 1.807) is 10.9 Å². The number of thiophene rings is 1. The molecule has 3 heterocycles. The first-order valence-corrected chi connectivity index (χ1v) is 7.55. The maximum Gasteiger partial charge on any atom is 0.271 e. The number of aromatic nitrogens is 4. The normalized spacial score (nSPS) is 11.5. The van der Waals surface area contributed by atoms with Crippen LogP contribution in [0, 0.1) is 0 Å². The van der Waals surface area contributed by atoms with Crippen molar-refractivity contribution in [2.45, 2.75) is 26.3 Å². The molecule has 3 aromatic heterocycles. The summed E-state index contributed by atoms with van der Waals surface area (Å²) in [6.45, 7) is 4.54. The molecule has 5 nitrogen and oxygen atoms in total. The van der Waals surface area contributed by atoms with Gasteiger partial charge >= 0.3 is 0 Å². The van der Waals surface area contributed by atoms with E-state index in [1.165, 1.54) is 22.9 Å². The molecular formula is C12H12N4OS2. The Bertz CT molecular complexity index is 771. The molecule has 3 rings (SSSR count). The quantitative estimate of drug-likeness (QED) is 0.744. The van der Waals surface area contributed by atoms with E-state index >= 15 is 0 Å². The number of hydrogen-bond acceptors (Lipinski definition) is 6. The van der Waals surface area contributed by atoms with E-state index in [-0.39, 0.29) is 5.56 Å². The molecule has 0 aliphatic carbocycles. The summed E-state index contributed by atoms with van der Waals surface area (Å²) in [5, 5.41) is 2.72. The summed E-state index contributed by atoms with van der Waals surface area (Å²) in [5.41, 5.74) is 0.743. The average molecular weight is 292 g/mol. The molecule has 98 valence electrons. The van der Waals surface area contributed by atoms with E-state index in [4.69, 9.17) is 0 Å². The molecule has 3 aromatic rings. The second kappa shape index (κ2) is 4.82. The third-order valence-electron chi connectivity index (χ3n) is 2.74. The van der Waals surface area contributed by atoms with Crippen molar-refractivity contribution >= 4 is 33.1 Å². The van der Waals surface area contributed by atoms with E-state index in [2.05, 4.69) is 28.2 Å². The Morgan fingerprint density at radius 3 is 3.00 bits per heavy atom. The topological polar surface area (TPSA) is 60.7 Å². The predicted octanol–water partition coefficient (Wildman–Crippen LogP) is 2.48. The molecular weight excluding hydrogens is 280 g/mol. The molecule has 0 N–H and O–H groups in total. The van der Waals surface area contributed by atoms with Crippen molar-refractivity contribution in [3.8, 4) is 0 Å². The fourth-order valence-corrected chi connectivity index (χ4v) is 3.28. The zero-order valence-corrected chi connectivity index (χ0v) is 12.2. The Balaban J connectivity index is 1.96. The number of nitrogens with zero attached hydrogens (tertiary/aromatic N) is 4. The molecule has 0 saturated heterocycles. The van der Waals surface area contributed by atoms with E-state index < -0.39 is 0 Å². The smallest absolute Gasteiger partial charge is 0.271 e. The van der Waals surface area contributed by atoms with E-state index in [9.17, 15) is 4.79 Å². The first-order valence-electron chi connectivity index (χ1n) is 5.90. The van der Waals surface area contributed by atoms with Gasteiger partial charge in [-0.1, -0.05) is 13.8 Å². The summed E-state index contributed by atoms with van der Waals surface area (Å²) in [4.78, 5) is 20.9. The summed E-state index contributed by atoms with van der Waals surface area (Å²) in [7, 11) is 0. The van der Waals surface area contributed by atoms with Crippen LogP contribution in [0.1, 0.15) is 30.6 Å². The first-order chi connectivity index (χ1) is 9.15. The Kier molecular flexibility index (Phi) is 3.16. The van der Waals surface area contributed by atoms with Gasteiger partial charge in [0.25, 0.3) is 5.56 Å². The molecule has 19 heavy (non-hydrogen) atoms. The second-order valence-electron chi connectivity index (χ2n) is 4.51. The number of rotatable bonds is 3. The van der Waals surface area contributed by atoms with Gasteiger partial charge in [0.05, 0.1) is 18.4 Å². The van der Waals surface area contributed by atoms with E-state index in [0.717, 1.165) is 16.3 Å². The summed E-state index contributed by atoms with van der Waals surface area (Å²) in [6.07, 6.45) is 1.58. The van der Waals surface area contributed by atoms with Crippen LogP contribution >= 0.6 is 22.9 Å². The minimum absolute atomic E-state index is 0.0127. The van der Waals surface area contributed by atoms with Crippen LogP contribution < -0.4 is 5.56 Å². The van der Waals surface area contributed by atoms with Gasteiger partial charge in [0.2, 0.25) is 0 Å². The minimum Gasteiger partial charge on any atom is -0.291 e. The lowest BCUT2D eigenvalue weighted by molar-refractivity contribution is 0.729. The van der Waals surface area contributed by atoms with Crippen molar-refractivity contribution in [2.75, 3.05) is 0 Å². The predicted molar refractivity (Wildman–Crippen MR) is 77.0 cm³/mol. The van der Waals surface area contributed by atoms with Crippen LogP contribution in [-0.4, -0.2) is 18.9 Å². The van der Waals surface area contributed by atoms with Crippen molar-refractivity contribution in [1.82, 2.24) is 18.9 Å². The molecule has 0 aromatic carbocycles. The first kappa shape index (κ1) is 12.4. The van der Waals surface area contributed by atoms with Crippen LogP contribution in [-0.2, 0) is 6.54 Å². The van der Waals surface area contributed by atoms with Crippen LogP contribution in [0.3, 0.4) is 0 Å². The summed E-state index contributed by atoms with van der Waals surface area (Å²) in [5.74, 6) is 1.14. The Morgan fingerprint density at radius 1 is 1.42 bits per heavy atom. The highest BCUT2D eigenvalue weighted by atomic mass is 32.1. The van der Waals surface area contributed by atoms with Crippen LogP contribution in [0.4, 0.5) is 0 Å². The zero-order valence-electron chi connectivity index (χ0n) is 10.5. The standard InChI is InChI=1S/C12H12N4OS2/c1-7(2)11-14-9(19-15-11)5-16-6-13-8-3-4-18-10(8)12(16)17/h3-4,6-7H,5H2,1-2H3. The van der Waals surface area contributed by atoms with Gasteiger partial charge in [-0.05, 0) is 23.0 Å². The van der Waals surface area contributed by atoms with E-state index in [0.29, 0.717) is 17.2 Å². The third-order valence-corrected chi connectivity index (χ3v) is 4.34. The maximum absolute atomic E-state index is 12.2. The molecule has 0 atom stereocenters. The van der Waals surface area contributed by atoms with E-state index in [1.807, 2.05) is 11.4 Å². The minimum atomic E-state index is -0.0127. The van der Waals surface area contributed by atoms with Crippen molar-refractivity contribution in [3.05, 3.63) is 39.0 Å². The highest BCUT2D eigenvalue weighted by Crippen LogP contribution is 2.16. The van der Waals surface area contributed by atoms with Crippen LogP contribution in [0.25, 0.3) is 10.2 Å². The van der Waals surface area contributed by atoms with Crippen LogP contribution in [0.5, 0.6) is 0 Å². The Hall–Kier alpha value is -1.60. The summed E-state index contributed by atoms with van der Waals surface area (Å²) in [6, 6.07) is 1.85. The van der Waals surface area contributed by atoms with Gasteiger partial charge in [0.15, 0.2) is 0 Å². The average Bonchev–Trinajstić information content (AvgIpc) is 3.01. The molecule has 0 aliphatic rings. The lowest BCUT2D eigenvalue weighted by Gasteiger charge is -2.01. The van der Waals surface area contributed by atoms with Gasteiger partial charge in [-0.2, -0.15) is 4.37 Å². The third kappa shape index (κ3) is 2.31. The van der Waals surface area contributed by atoms with Crippen LogP contribution in [0.15, 0.2) is 22.6 Å². The number of hydrogen-bond donors (Lipinski definition) is 0. The van der Waals surface area contributed by atoms with Crippen molar-refractivity contribution in [1.29, 1.82) is 0 Å². The van der Waals surface area contributed by atoms with Gasteiger partial charge in [-0.25, -0.2) is 9.97 Å². The second-order valence-corrected chi connectivity index (χ2v) is 6.27. The maximum atomic E-state index is 12.2. The molecule has 0 amide bonds. The zero-order chi connectivity index (χ0) is 13.4. The fraction of sp³-hybridized carbons (Fsp3) is 0.333.